The van der Waals surface area contributed by atoms with Crippen molar-refractivity contribution < 1.29 is 0 Å². The number of hydrogen-bond donors (Lipinski definition) is 1. The van der Waals surface area contributed by atoms with E-state index in [9.17, 15) is 0 Å². The Labute approximate surface area is 140 Å². The molecule has 2 aromatic carbocycles. The molecule has 21 heavy (non-hydrogen) atoms. The van der Waals surface area contributed by atoms with Crippen molar-refractivity contribution in [3.05, 3.63) is 74.9 Å². The second kappa shape index (κ2) is 6.26. The number of benzene rings is 2. The fourth-order valence-electron chi connectivity index (χ4n) is 2.60. The van der Waals surface area contributed by atoms with Gasteiger partial charge in [0.2, 0.25) is 0 Å². The lowest BCUT2D eigenvalue weighted by Crippen LogP contribution is -2.18. The van der Waals surface area contributed by atoms with Crippen molar-refractivity contribution in [2.45, 2.75) is 6.04 Å². The molecule has 0 aliphatic carbocycles. The zero-order valence-corrected chi connectivity index (χ0v) is 14.6. The van der Waals surface area contributed by atoms with Gasteiger partial charge in [-0.25, -0.2) is 0 Å². The molecule has 0 radical (unpaired) electrons. The quantitative estimate of drug-likeness (QED) is 0.657. The zero-order valence-electron chi connectivity index (χ0n) is 11.5. The summed E-state index contributed by atoms with van der Waals surface area (Å²) in [6.45, 7) is 0. The highest BCUT2D eigenvalue weighted by atomic mass is 79.9. The maximum atomic E-state index is 4.28. The first-order valence-electron chi connectivity index (χ1n) is 6.65. The standard InChI is InChI=1S/C17H14Br2N2/c1-20-17(14-9-12(18)5-6-16(14)19)13-4-2-3-11-7-8-21-10-15(11)13/h2-10,17,20H,1H3. The van der Waals surface area contributed by atoms with Gasteiger partial charge in [-0.2, -0.15) is 0 Å². The molecule has 0 saturated heterocycles. The summed E-state index contributed by atoms with van der Waals surface area (Å²) in [7, 11) is 1.98. The van der Waals surface area contributed by atoms with Crippen LogP contribution in [0.15, 0.2) is 63.8 Å². The van der Waals surface area contributed by atoms with E-state index in [1.807, 2.05) is 31.6 Å². The van der Waals surface area contributed by atoms with Gasteiger partial charge >= 0.3 is 0 Å². The SMILES string of the molecule is CNC(c1cc(Br)ccc1Br)c1cccc2ccncc12. The zero-order chi connectivity index (χ0) is 14.8. The number of nitrogens with one attached hydrogen (secondary N) is 1. The van der Waals surface area contributed by atoms with Crippen LogP contribution in [0.2, 0.25) is 0 Å². The van der Waals surface area contributed by atoms with Crippen LogP contribution >= 0.6 is 31.9 Å². The van der Waals surface area contributed by atoms with Crippen LogP contribution in [-0.4, -0.2) is 12.0 Å². The smallest absolute Gasteiger partial charge is 0.0592 e. The Morgan fingerprint density at radius 2 is 1.90 bits per heavy atom. The predicted molar refractivity (Wildman–Crippen MR) is 94.5 cm³/mol. The fourth-order valence-corrected chi connectivity index (χ4v) is 3.46. The van der Waals surface area contributed by atoms with E-state index in [1.54, 1.807) is 0 Å². The Balaban J connectivity index is 2.21. The Kier molecular flexibility index (Phi) is 4.38. The highest BCUT2D eigenvalue weighted by Crippen LogP contribution is 2.33. The summed E-state index contributed by atoms with van der Waals surface area (Å²) in [5, 5.41) is 5.79. The van der Waals surface area contributed by atoms with Crippen molar-refractivity contribution in [2.75, 3.05) is 7.05 Å². The number of aromatic nitrogens is 1. The number of pyridine rings is 1. The number of fused-ring (bicyclic) bond motifs is 1. The van der Waals surface area contributed by atoms with Gasteiger partial charge in [-0.3, -0.25) is 4.98 Å². The maximum Gasteiger partial charge on any atom is 0.0592 e. The van der Waals surface area contributed by atoms with E-state index < -0.39 is 0 Å². The van der Waals surface area contributed by atoms with Gasteiger partial charge in [0.15, 0.2) is 0 Å². The lowest BCUT2D eigenvalue weighted by atomic mass is 9.95. The van der Waals surface area contributed by atoms with E-state index >= 15 is 0 Å². The lowest BCUT2D eigenvalue weighted by Gasteiger charge is -2.20. The summed E-state index contributed by atoms with van der Waals surface area (Å²) in [4.78, 5) is 4.28. The first-order valence-corrected chi connectivity index (χ1v) is 8.24. The Morgan fingerprint density at radius 3 is 2.71 bits per heavy atom. The van der Waals surface area contributed by atoms with Crippen molar-refractivity contribution in [3.63, 3.8) is 0 Å². The molecule has 3 aromatic rings. The molecule has 0 amide bonds. The van der Waals surface area contributed by atoms with Gasteiger partial charge < -0.3 is 5.32 Å². The van der Waals surface area contributed by atoms with Crippen molar-refractivity contribution >= 4 is 42.6 Å². The second-order valence-corrected chi connectivity index (χ2v) is 6.60. The minimum Gasteiger partial charge on any atom is -0.309 e. The van der Waals surface area contributed by atoms with Gasteiger partial charge in [0.25, 0.3) is 0 Å². The molecular formula is C17H14Br2N2. The molecule has 0 bridgehead atoms. The number of halogens is 2. The van der Waals surface area contributed by atoms with Gasteiger partial charge in [-0.15, -0.1) is 0 Å². The Morgan fingerprint density at radius 1 is 1.05 bits per heavy atom. The van der Waals surface area contributed by atoms with E-state index in [2.05, 4.69) is 72.5 Å². The summed E-state index contributed by atoms with van der Waals surface area (Å²) in [5.41, 5.74) is 2.42. The van der Waals surface area contributed by atoms with Crippen LogP contribution in [0.3, 0.4) is 0 Å². The third-order valence-corrected chi connectivity index (χ3v) is 4.80. The predicted octanol–water partition coefficient (Wildman–Crippen LogP) is 5.07. The summed E-state index contributed by atoms with van der Waals surface area (Å²) < 4.78 is 2.16. The summed E-state index contributed by atoms with van der Waals surface area (Å²) in [6, 6.07) is 14.7. The van der Waals surface area contributed by atoms with Crippen molar-refractivity contribution in [1.29, 1.82) is 0 Å². The molecule has 0 saturated carbocycles. The van der Waals surface area contributed by atoms with Crippen molar-refractivity contribution in [3.8, 4) is 0 Å². The number of nitrogens with zero attached hydrogens (tertiary/aromatic N) is 1. The van der Waals surface area contributed by atoms with Gasteiger partial charge in [-0.05, 0) is 47.8 Å². The first-order chi connectivity index (χ1) is 10.2. The minimum absolute atomic E-state index is 0.102. The van der Waals surface area contributed by atoms with Gasteiger partial charge in [-0.1, -0.05) is 50.1 Å². The van der Waals surface area contributed by atoms with Crippen LogP contribution in [0.25, 0.3) is 10.8 Å². The van der Waals surface area contributed by atoms with Crippen LogP contribution in [0.5, 0.6) is 0 Å². The minimum atomic E-state index is 0.102. The van der Waals surface area contributed by atoms with Crippen LogP contribution in [0, 0.1) is 0 Å². The Bertz CT molecular complexity index is 781. The Hall–Kier alpha value is -1.23. The first kappa shape index (κ1) is 14.7. The molecule has 0 aliphatic heterocycles. The maximum absolute atomic E-state index is 4.28. The third-order valence-electron chi connectivity index (χ3n) is 3.59. The summed E-state index contributed by atoms with van der Waals surface area (Å²) >= 11 is 7.21. The normalized spacial score (nSPS) is 12.5. The van der Waals surface area contributed by atoms with Gasteiger partial charge in [0, 0.05) is 26.7 Å². The van der Waals surface area contributed by atoms with E-state index in [0.29, 0.717) is 0 Å². The molecule has 3 rings (SSSR count). The van der Waals surface area contributed by atoms with Crippen LogP contribution in [0.4, 0.5) is 0 Å². The summed E-state index contributed by atoms with van der Waals surface area (Å²) in [6.07, 6.45) is 3.76. The monoisotopic (exact) mass is 404 g/mol. The molecule has 1 atom stereocenters. The van der Waals surface area contributed by atoms with E-state index in [1.165, 1.54) is 21.9 Å². The van der Waals surface area contributed by atoms with E-state index in [-0.39, 0.29) is 6.04 Å². The van der Waals surface area contributed by atoms with Crippen molar-refractivity contribution in [1.82, 2.24) is 10.3 Å². The third kappa shape index (κ3) is 2.89. The average molecular weight is 406 g/mol. The summed E-state index contributed by atoms with van der Waals surface area (Å²) in [5.74, 6) is 0. The molecule has 4 heteroatoms. The molecule has 0 spiro atoms. The highest BCUT2D eigenvalue weighted by Gasteiger charge is 2.17. The fraction of sp³-hybridized carbons (Fsp3) is 0.118. The molecule has 1 N–H and O–H groups in total. The van der Waals surface area contributed by atoms with Gasteiger partial charge in [0.1, 0.15) is 0 Å². The molecule has 1 aromatic heterocycles. The van der Waals surface area contributed by atoms with Gasteiger partial charge in [0.05, 0.1) is 6.04 Å². The number of hydrogen-bond acceptors (Lipinski definition) is 2. The van der Waals surface area contributed by atoms with Crippen LogP contribution in [0.1, 0.15) is 17.2 Å². The average Bonchev–Trinajstić information content (AvgIpc) is 2.51. The molecule has 0 fully saturated rings. The second-order valence-electron chi connectivity index (χ2n) is 4.83. The van der Waals surface area contributed by atoms with Crippen molar-refractivity contribution in [2.24, 2.45) is 0 Å². The molecule has 1 heterocycles. The molecule has 1 unspecified atom stereocenters. The van der Waals surface area contributed by atoms with Crippen LogP contribution < -0.4 is 5.32 Å². The number of rotatable bonds is 3. The molecular weight excluding hydrogens is 392 g/mol. The molecule has 0 aliphatic rings. The van der Waals surface area contributed by atoms with Crippen LogP contribution in [-0.2, 0) is 0 Å². The highest BCUT2D eigenvalue weighted by molar-refractivity contribution is 9.11. The molecule has 2 nitrogen and oxygen atoms in total. The van der Waals surface area contributed by atoms with E-state index in [0.717, 1.165) is 8.95 Å². The largest absolute Gasteiger partial charge is 0.309 e. The van der Waals surface area contributed by atoms with E-state index in [4.69, 9.17) is 0 Å². The topological polar surface area (TPSA) is 24.9 Å². The lowest BCUT2D eigenvalue weighted by molar-refractivity contribution is 0.693. The molecule has 106 valence electrons.